The molecule has 3 nitrogen and oxygen atoms in total. The van der Waals surface area contributed by atoms with Gasteiger partial charge in [0.15, 0.2) is 0 Å². The van der Waals surface area contributed by atoms with Crippen LogP contribution >= 0.6 is 0 Å². The van der Waals surface area contributed by atoms with Gasteiger partial charge < -0.3 is 15.5 Å². The first-order chi connectivity index (χ1) is 6.76. The van der Waals surface area contributed by atoms with Crippen molar-refractivity contribution in [2.24, 2.45) is 0 Å². The normalized spacial score (nSPS) is 36.4. The van der Waals surface area contributed by atoms with E-state index < -0.39 is 0 Å². The van der Waals surface area contributed by atoms with E-state index in [9.17, 15) is 10.2 Å². The van der Waals surface area contributed by atoms with E-state index in [4.69, 9.17) is 0 Å². The average Bonchev–Trinajstić information content (AvgIpc) is 2.79. The van der Waals surface area contributed by atoms with Gasteiger partial charge in [0.1, 0.15) is 0 Å². The second-order valence-corrected chi connectivity index (χ2v) is 4.89. The van der Waals surface area contributed by atoms with Crippen molar-refractivity contribution in [2.75, 3.05) is 6.61 Å². The van der Waals surface area contributed by atoms with E-state index in [0.717, 1.165) is 32.1 Å². The minimum atomic E-state index is -0.195. The molecule has 82 valence electrons. The lowest BCUT2D eigenvalue weighted by atomic mass is 9.96. The molecule has 0 bridgehead atoms. The van der Waals surface area contributed by atoms with Gasteiger partial charge in [-0.05, 0) is 32.1 Å². The summed E-state index contributed by atoms with van der Waals surface area (Å²) in [4.78, 5) is 0. The molecule has 0 aromatic heterocycles. The smallest absolute Gasteiger partial charge is 0.0693 e. The van der Waals surface area contributed by atoms with Gasteiger partial charge in [-0.1, -0.05) is 12.8 Å². The molecule has 0 spiro atoms. The topological polar surface area (TPSA) is 52.5 Å². The summed E-state index contributed by atoms with van der Waals surface area (Å²) < 4.78 is 0. The van der Waals surface area contributed by atoms with Crippen LogP contribution in [0, 0.1) is 0 Å². The molecule has 0 aromatic rings. The average molecular weight is 199 g/mol. The zero-order valence-electron chi connectivity index (χ0n) is 8.71. The number of aliphatic hydroxyl groups is 2. The SMILES string of the molecule is OCC1(N[C@@H]2CCC[C@H]2O)CCCC1. The van der Waals surface area contributed by atoms with Crippen molar-refractivity contribution >= 4 is 0 Å². The van der Waals surface area contributed by atoms with Crippen molar-refractivity contribution in [3.63, 3.8) is 0 Å². The summed E-state index contributed by atoms with van der Waals surface area (Å²) in [5.41, 5.74) is -0.0734. The van der Waals surface area contributed by atoms with E-state index in [1.54, 1.807) is 0 Å². The number of aliphatic hydroxyl groups excluding tert-OH is 2. The van der Waals surface area contributed by atoms with E-state index in [1.807, 2.05) is 0 Å². The third-order valence-electron chi connectivity index (χ3n) is 3.83. The van der Waals surface area contributed by atoms with Crippen LogP contribution in [0.5, 0.6) is 0 Å². The van der Waals surface area contributed by atoms with E-state index in [-0.39, 0.29) is 24.3 Å². The predicted molar refractivity (Wildman–Crippen MR) is 55.1 cm³/mol. The van der Waals surface area contributed by atoms with Gasteiger partial charge in [0, 0.05) is 11.6 Å². The molecule has 0 aliphatic heterocycles. The Kier molecular flexibility index (Phi) is 3.10. The highest BCUT2D eigenvalue weighted by molar-refractivity contribution is 4.97. The van der Waals surface area contributed by atoms with Crippen molar-refractivity contribution in [3.8, 4) is 0 Å². The van der Waals surface area contributed by atoms with Crippen LogP contribution in [0.4, 0.5) is 0 Å². The lowest BCUT2D eigenvalue weighted by Gasteiger charge is -2.33. The van der Waals surface area contributed by atoms with Crippen LogP contribution in [0.2, 0.25) is 0 Å². The molecule has 2 fully saturated rings. The van der Waals surface area contributed by atoms with Crippen LogP contribution in [0.15, 0.2) is 0 Å². The van der Waals surface area contributed by atoms with E-state index >= 15 is 0 Å². The minimum absolute atomic E-state index is 0.0734. The Hall–Kier alpha value is -0.120. The molecule has 0 heterocycles. The summed E-state index contributed by atoms with van der Waals surface area (Å²) in [7, 11) is 0. The highest BCUT2D eigenvalue weighted by Crippen LogP contribution is 2.32. The highest BCUT2D eigenvalue weighted by Gasteiger charge is 2.37. The second kappa shape index (κ2) is 4.17. The van der Waals surface area contributed by atoms with Crippen LogP contribution in [0.3, 0.4) is 0 Å². The molecule has 2 atom stereocenters. The molecule has 0 radical (unpaired) electrons. The maximum atomic E-state index is 9.72. The van der Waals surface area contributed by atoms with Gasteiger partial charge in [0.05, 0.1) is 12.7 Å². The fraction of sp³-hybridized carbons (Fsp3) is 1.00. The Balaban J connectivity index is 1.93. The Bertz CT molecular complexity index is 190. The molecule has 2 aliphatic rings. The van der Waals surface area contributed by atoms with Crippen LogP contribution < -0.4 is 5.32 Å². The number of hydrogen-bond acceptors (Lipinski definition) is 3. The fourth-order valence-corrected chi connectivity index (χ4v) is 2.90. The summed E-state index contributed by atoms with van der Waals surface area (Å²) in [6.45, 7) is 0.218. The summed E-state index contributed by atoms with van der Waals surface area (Å²) in [6.07, 6.45) is 7.42. The lowest BCUT2D eigenvalue weighted by molar-refractivity contribution is 0.0978. The van der Waals surface area contributed by atoms with E-state index in [2.05, 4.69) is 5.32 Å². The van der Waals surface area contributed by atoms with Crippen molar-refractivity contribution in [2.45, 2.75) is 62.6 Å². The van der Waals surface area contributed by atoms with Gasteiger partial charge in [-0.2, -0.15) is 0 Å². The molecular formula is C11H21NO2. The molecule has 2 saturated carbocycles. The first-order valence-electron chi connectivity index (χ1n) is 5.82. The van der Waals surface area contributed by atoms with E-state index in [1.165, 1.54) is 12.8 Å². The molecule has 0 amide bonds. The monoisotopic (exact) mass is 199 g/mol. The van der Waals surface area contributed by atoms with Crippen LogP contribution in [-0.4, -0.2) is 34.5 Å². The predicted octanol–water partition coefficient (Wildman–Crippen LogP) is 0.794. The van der Waals surface area contributed by atoms with Gasteiger partial charge in [0.2, 0.25) is 0 Å². The number of nitrogens with one attached hydrogen (secondary N) is 1. The second-order valence-electron chi connectivity index (χ2n) is 4.89. The van der Waals surface area contributed by atoms with Crippen LogP contribution in [0.25, 0.3) is 0 Å². The van der Waals surface area contributed by atoms with E-state index in [0.29, 0.717) is 0 Å². The van der Waals surface area contributed by atoms with Crippen molar-refractivity contribution in [1.29, 1.82) is 0 Å². The third kappa shape index (κ3) is 1.95. The Morgan fingerprint density at radius 2 is 1.86 bits per heavy atom. The Morgan fingerprint density at radius 1 is 1.14 bits per heavy atom. The highest BCUT2D eigenvalue weighted by atomic mass is 16.3. The van der Waals surface area contributed by atoms with Gasteiger partial charge in [0.25, 0.3) is 0 Å². The maximum absolute atomic E-state index is 9.72. The summed E-state index contributed by atoms with van der Waals surface area (Å²) in [5.74, 6) is 0. The van der Waals surface area contributed by atoms with Gasteiger partial charge in [-0.25, -0.2) is 0 Å². The molecular weight excluding hydrogens is 178 g/mol. The van der Waals surface area contributed by atoms with Crippen molar-refractivity contribution in [3.05, 3.63) is 0 Å². The zero-order valence-corrected chi connectivity index (χ0v) is 8.71. The Labute approximate surface area is 85.5 Å². The molecule has 0 saturated heterocycles. The van der Waals surface area contributed by atoms with Crippen LogP contribution in [0.1, 0.15) is 44.9 Å². The molecule has 3 heteroatoms. The minimum Gasteiger partial charge on any atom is -0.394 e. The molecule has 0 aromatic carbocycles. The standard InChI is InChI=1S/C11H21NO2/c13-8-11(6-1-2-7-11)12-9-4-3-5-10(9)14/h9-10,12-14H,1-8H2/t9-,10-/m1/s1. The summed E-state index contributed by atoms with van der Waals surface area (Å²) in [6, 6.07) is 0.222. The third-order valence-corrected chi connectivity index (χ3v) is 3.83. The molecule has 2 rings (SSSR count). The first-order valence-corrected chi connectivity index (χ1v) is 5.82. The zero-order chi connectivity index (χ0) is 10.0. The largest absolute Gasteiger partial charge is 0.394 e. The van der Waals surface area contributed by atoms with Gasteiger partial charge >= 0.3 is 0 Å². The summed E-state index contributed by atoms with van der Waals surface area (Å²) >= 11 is 0. The quantitative estimate of drug-likeness (QED) is 0.630. The van der Waals surface area contributed by atoms with Crippen molar-refractivity contribution < 1.29 is 10.2 Å². The number of rotatable bonds is 3. The maximum Gasteiger partial charge on any atom is 0.0693 e. The van der Waals surface area contributed by atoms with Gasteiger partial charge in [-0.3, -0.25) is 0 Å². The fourth-order valence-electron chi connectivity index (χ4n) is 2.90. The lowest BCUT2D eigenvalue weighted by Crippen LogP contribution is -2.53. The summed E-state index contributed by atoms with van der Waals surface area (Å²) in [5, 5.41) is 22.6. The number of hydrogen-bond donors (Lipinski definition) is 3. The Morgan fingerprint density at radius 3 is 2.36 bits per heavy atom. The molecule has 3 N–H and O–H groups in total. The molecule has 0 unspecified atom stereocenters. The first kappa shape index (κ1) is 10.4. The molecule has 14 heavy (non-hydrogen) atoms. The van der Waals surface area contributed by atoms with Gasteiger partial charge in [-0.15, -0.1) is 0 Å². The van der Waals surface area contributed by atoms with Crippen LogP contribution in [-0.2, 0) is 0 Å². The van der Waals surface area contributed by atoms with Crippen molar-refractivity contribution in [1.82, 2.24) is 5.32 Å². The molecule has 2 aliphatic carbocycles.